The molecule has 0 spiro atoms. The summed E-state index contributed by atoms with van der Waals surface area (Å²) in [6.45, 7) is 10.1. The van der Waals surface area contributed by atoms with E-state index in [1.807, 2.05) is 0 Å². The maximum Gasteiger partial charge on any atom is 0.0731 e. The predicted octanol–water partition coefficient (Wildman–Crippen LogP) is 2.02. The van der Waals surface area contributed by atoms with Crippen LogP contribution in [0, 0.1) is 0 Å². The molecule has 3 nitrogen and oxygen atoms in total. The summed E-state index contributed by atoms with van der Waals surface area (Å²) in [6.07, 6.45) is 5.67. The molecule has 3 heteroatoms. The van der Waals surface area contributed by atoms with E-state index in [1.54, 1.807) is 0 Å². The van der Waals surface area contributed by atoms with Gasteiger partial charge in [0, 0.05) is 24.7 Å². The highest BCUT2D eigenvalue weighted by atomic mass is 16.5. The largest absolute Gasteiger partial charge is 0.375 e. The third-order valence-electron chi connectivity index (χ3n) is 4.49. The molecular weight excluding hydrogens is 212 g/mol. The molecule has 0 bridgehead atoms. The third kappa shape index (κ3) is 3.01. The van der Waals surface area contributed by atoms with Crippen LogP contribution < -0.4 is 5.32 Å². The van der Waals surface area contributed by atoms with Gasteiger partial charge in [-0.05, 0) is 46.1 Å². The van der Waals surface area contributed by atoms with Gasteiger partial charge in [0.15, 0.2) is 0 Å². The Balaban J connectivity index is 1.90. The topological polar surface area (TPSA) is 24.5 Å². The monoisotopic (exact) mass is 240 g/mol. The van der Waals surface area contributed by atoms with Crippen LogP contribution in [0.4, 0.5) is 0 Å². The molecule has 1 N–H and O–H groups in total. The van der Waals surface area contributed by atoms with Crippen molar-refractivity contribution in [3.8, 4) is 0 Å². The summed E-state index contributed by atoms with van der Waals surface area (Å²) in [5.74, 6) is 0. The maximum absolute atomic E-state index is 5.88. The number of rotatable bonds is 5. The van der Waals surface area contributed by atoms with Gasteiger partial charge < -0.3 is 10.1 Å². The van der Waals surface area contributed by atoms with Gasteiger partial charge in [-0.15, -0.1) is 0 Å². The summed E-state index contributed by atoms with van der Waals surface area (Å²) in [6, 6.07) is 1.88. The summed E-state index contributed by atoms with van der Waals surface area (Å²) in [5.41, 5.74) is 0. The fourth-order valence-electron chi connectivity index (χ4n) is 3.29. The van der Waals surface area contributed by atoms with Crippen molar-refractivity contribution in [3.63, 3.8) is 0 Å². The minimum absolute atomic E-state index is 0.518. The summed E-state index contributed by atoms with van der Waals surface area (Å²) >= 11 is 0. The first kappa shape index (κ1) is 13.3. The van der Waals surface area contributed by atoms with Crippen LogP contribution in [0.3, 0.4) is 0 Å². The number of nitrogens with zero attached hydrogens (tertiary/aromatic N) is 1. The molecule has 17 heavy (non-hydrogen) atoms. The number of hydrogen-bond donors (Lipinski definition) is 1. The number of ether oxygens (including phenoxy) is 1. The Hall–Kier alpha value is -0.120. The highest BCUT2D eigenvalue weighted by Crippen LogP contribution is 2.31. The molecule has 0 aromatic rings. The van der Waals surface area contributed by atoms with Crippen molar-refractivity contribution in [2.75, 3.05) is 19.7 Å². The molecule has 1 aliphatic carbocycles. The first-order chi connectivity index (χ1) is 8.24. The van der Waals surface area contributed by atoms with Gasteiger partial charge in [-0.1, -0.05) is 6.92 Å². The average Bonchev–Trinajstić information content (AvgIpc) is 2.82. The smallest absolute Gasteiger partial charge is 0.0731 e. The van der Waals surface area contributed by atoms with Crippen LogP contribution in [0.25, 0.3) is 0 Å². The van der Waals surface area contributed by atoms with Gasteiger partial charge in [-0.3, -0.25) is 4.90 Å². The van der Waals surface area contributed by atoms with Gasteiger partial charge in [0.25, 0.3) is 0 Å². The zero-order chi connectivity index (χ0) is 12.3. The highest BCUT2D eigenvalue weighted by molar-refractivity contribution is 4.93. The Morgan fingerprint density at radius 2 is 2.18 bits per heavy atom. The molecule has 0 amide bonds. The van der Waals surface area contributed by atoms with E-state index in [4.69, 9.17) is 4.74 Å². The van der Waals surface area contributed by atoms with Gasteiger partial charge >= 0.3 is 0 Å². The van der Waals surface area contributed by atoms with E-state index in [0.717, 1.165) is 19.7 Å². The zero-order valence-corrected chi connectivity index (χ0v) is 11.6. The zero-order valence-electron chi connectivity index (χ0n) is 11.6. The van der Waals surface area contributed by atoms with Gasteiger partial charge in [0.05, 0.1) is 12.7 Å². The standard InChI is InChI=1S/C14H28N2O/c1-4-8-15-11(2)12(3)16-9-10-17-14-7-5-6-13(14)16/h11-15H,4-10H2,1-3H3. The molecule has 100 valence electrons. The molecular formula is C14H28N2O. The van der Waals surface area contributed by atoms with Crippen molar-refractivity contribution in [2.45, 2.75) is 70.7 Å². The Kier molecular flexibility index (Phi) is 4.83. The Bertz CT molecular complexity index is 234. The quantitative estimate of drug-likeness (QED) is 0.795. The van der Waals surface area contributed by atoms with Gasteiger partial charge in [0.2, 0.25) is 0 Å². The van der Waals surface area contributed by atoms with E-state index in [2.05, 4.69) is 31.0 Å². The molecule has 2 aliphatic rings. The second kappa shape index (κ2) is 6.17. The van der Waals surface area contributed by atoms with Crippen LogP contribution in [0.5, 0.6) is 0 Å². The van der Waals surface area contributed by atoms with Crippen molar-refractivity contribution in [2.24, 2.45) is 0 Å². The van der Waals surface area contributed by atoms with Crippen LogP contribution in [-0.4, -0.2) is 48.8 Å². The Morgan fingerprint density at radius 3 is 2.94 bits per heavy atom. The third-order valence-corrected chi connectivity index (χ3v) is 4.49. The van der Waals surface area contributed by atoms with Gasteiger partial charge in [-0.25, -0.2) is 0 Å². The molecule has 1 aliphatic heterocycles. The van der Waals surface area contributed by atoms with E-state index in [9.17, 15) is 0 Å². The lowest BCUT2D eigenvalue weighted by Gasteiger charge is -2.43. The van der Waals surface area contributed by atoms with Crippen molar-refractivity contribution >= 4 is 0 Å². The highest BCUT2D eigenvalue weighted by Gasteiger charge is 2.38. The minimum Gasteiger partial charge on any atom is -0.375 e. The number of nitrogens with one attached hydrogen (secondary N) is 1. The van der Waals surface area contributed by atoms with E-state index in [0.29, 0.717) is 24.2 Å². The van der Waals surface area contributed by atoms with Crippen LogP contribution in [0.2, 0.25) is 0 Å². The second-order valence-electron chi connectivity index (χ2n) is 5.63. The maximum atomic E-state index is 5.88. The molecule has 0 aromatic carbocycles. The summed E-state index contributed by atoms with van der Waals surface area (Å²) in [5, 5.41) is 3.63. The Labute approximate surface area is 106 Å². The number of morpholine rings is 1. The predicted molar refractivity (Wildman–Crippen MR) is 71.3 cm³/mol. The average molecular weight is 240 g/mol. The van der Waals surface area contributed by atoms with Crippen molar-refractivity contribution < 1.29 is 4.74 Å². The van der Waals surface area contributed by atoms with E-state index in [1.165, 1.54) is 25.7 Å². The first-order valence-corrected chi connectivity index (χ1v) is 7.34. The fourth-order valence-corrected chi connectivity index (χ4v) is 3.29. The van der Waals surface area contributed by atoms with Gasteiger partial charge in [-0.2, -0.15) is 0 Å². The van der Waals surface area contributed by atoms with Crippen LogP contribution >= 0.6 is 0 Å². The molecule has 0 radical (unpaired) electrons. The summed E-state index contributed by atoms with van der Waals surface area (Å²) in [7, 11) is 0. The first-order valence-electron chi connectivity index (χ1n) is 7.34. The molecule has 4 unspecified atom stereocenters. The van der Waals surface area contributed by atoms with Crippen LogP contribution in [-0.2, 0) is 4.74 Å². The lowest BCUT2D eigenvalue weighted by atomic mass is 10.0. The normalized spacial score (nSPS) is 33.4. The van der Waals surface area contributed by atoms with Gasteiger partial charge in [0.1, 0.15) is 0 Å². The van der Waals surface area contributed by atoms with E-state index < -0.39 is 0 Å². The molecule has 1 heterocycles. The molecule has 1 saturated heterocycles. The number of fused-ring (bicyclic) bond motifs is 1. The van der Waals surface area contributed by atoms with Crippen LogP contribution in [0.15, 0.2) is 0 Å². The van der Waals surface area contributed by atoms with Crippen molar-refractivity contribution in [1.82, 2.24) is 10.2 Å². The Morgan fingerprint density at radius 1 is 1.35 bits per heavy atom. The number of hydrogen-bond acceptors (Lipinski definition) is 3. The molecule has 4 atom stereocenters. The SMILES string of the molecule is CCCNC(C)C(C)N1CCOC2CCCC21. The minimum atomic E-state index is 0.518. The summed E-state index contributed by atoms with van der Waals surface area (Å²) in [4.78, 5) is 2.69. The molecule has 1 saturated carbocycles. The van der Waals surface area contributed by atoms with E-state index in [-0.39, 0.29) is 0 Å². The van der Waals surface area contributed by atoms with Crippen molar-refractivity contribution in [1.29, 1.82) is 0 Å². The molecule has 0 aromatic heterocycles. The fraction of sp³-hybridized carbons (Fsp3) is 1.00. The lowest BCUT2D eigenvalue weighted by Crippen LogP contribution is -2.57. The lowest BCUT2D eigenvalue weighted by molar-refractivity contribution is -0.0731. The van der Waals surface area contributed by atoms with Crippen molar-refractivity contribution in [3.05, 3.63) is 0 Å². The molecule has 2 rings (SSSR count). The van der Waals surface area contributed by atoms with E-state index >= 15 is 0 Å². The second-order valence-corrected chi connectivity index (χ2v) is 5.63. The van der Waals surface area contributed by atoms with Crippen LogP contribution in [0.1, 0.15) is 46.5 Å². The summed E-state index contributed by atoms with van der Waals surface area (Å²) < 4.78 is 5.88. The molecule has 2 fully saturated rings.